The van der Waals surface area contributed by atoms with Crippen molar-refractivity contribution in [1.82, 2.24) is 4.90 Å². The highest BCUT2D eigenvalue weighted by atomic mass is 19.1. The van der Waals surface area contributed by atoms with Gasteiger partial charge in [-0.25, -0.2) is 8.78 Å². The molecule has 0 aromatic heterocycles. The highest BCUT2D eigenvalue weighted by Crippen LogP contribution is 2.29. The Balaban J connectivity index is 2.21. The topological polar surface area (TPSA) is 83.6 Å². The summed E-state index contributed by atoms with van der Waals surface area (Å²) >= 11 is 0. The van der Waals surface area contributed by atoms with Crippen LogP contribution < -0.4 is 5.73 Å². The zero-order valence-electron chi connectivity index (χ0n) is 11.3. The molecule has 7 heteroatoms. The Kier molecular flexibility index (Phi) is 4.52. The number of nitrogens with two attached hydrogens (primary N) is 1. The fraction of sp³-hybridized carbons (Fsp3) is 0.429. The molecule has 1 aromatic carbocycles. The number of carbonyl (C=O) groups excluding carboxylic acids is 1. The van der Waals surface area contributed by atoms with E-state index in [1.165, 1.54) is 0 Å². The highest BCUT2D eigenvalue weighted by molar-refractivity contribution is 5.77. The molecule has 0 bridgehead atoms. The molecular formula is C14H16F2N2O3. The van der Waals surface area contributed by atoms with Crippen molar-refractivity contribution in [1.29, 1.82) is 0 Å². The Morgan fingerprint density at radius 3 is 2.38 bits per heavy atom. The average molecular weight is 298 g/mol. The number of hydrogen-bond acceptors (Lipinski definition) is 3. The van der Waals surface area contributed by atoms with Crippen molar-refractivity contribution in [3.05, 3.63) is 35.4 Å². The quantitative estimate of drug-likeness (QED) is 0.877. The van der Waals surface area contributed by atoms with Crippen LogP contribution in [0.25, 0.3) is 0 Å². The average Bonchev–Trinajstić information content (AvgIpc) is 2.42. The minimum absolute atomic E-state index is 0.0820. The lowest BCUT2D eigenvalue weighted by Crippen LogP contribution is -2.43. The van der Waals surface area contributed by atoms with Gasteiger partial charge in [-0.1, -0.05) is 6.07 Å². The Morgan fingerprint density at radius 1 is 1.29 bits per heavy atom. The second-order valence-electron chi connectivity index (χ2n) is 5.12. The Morgan fingerprint density at radius 2 is 1.90 bits per heavy atom. The van der Waals surface area contributed by atoms with E-state index in [4.69, 9.17) is 5.73 Å². The van der Waals surface area contributed by atoms with E-state index in [2.05, 4.69) is 0 Å². The van der Waals surface area contributed by atoms with Gasteiger partial charge in [0.1, 0.15) is 17.7 Å². The standard InChI is InChI=1S/C14H16F2N2O3/c15-9-1-2-10(11(16)7-9)12(14(20)21)18-5-3-8(4-6-18)13(17)19/h1-2,7-8,12H,3-6H2,(H2,17,19)(H,20,21). The third kappa shape index (κ3) is 3.36. The van der Waals surface area contributed by atoms with E-state index in [9.17, 15) is 23.5 Å². The monoisotopic (exact) mass is 298 g/mol. The van der Waals surface area contributed by atoms with Crippen LogP contribution in [0.15, 0.2) is 18.2 Å². The van der Waals surface area contributed by atoms with E-state index >= 15 is 0 Å². The first-order valence-electron chi connectivity index (χ1n) is 6.61. The molecule has 1 atom stereocenters. The smallest absolute Gasteiger partial charge is 0.325 e. The number of halogens is 2. The maximum Gasteiger partial charge on any atom is 0.325 e. The number of likely N-dealkylation sites (tertiary alicyclic amines) is 1. The van der Waals surface area contributed by atoms with Gasteiger partial charge < -0.3 is 10.8 Å². The first-order chi connectivity index (χ1) is 9.90. The van der Waals surface area contributed by atoms with Gasteiger partial charge in [-0.3, -0.25) is 14.5 Å². The van der Waals surface area contributed by atoms with Crippen LogP contribution in [0.4, 0.5) is 8.78 Å². The summed E-state index contributed by atoms with van der Waals surface area (Å²) in [4.78, 5) is 24.1. The highest BCUT2D eigenvalue weighted by Gasteiger charge is 2.33. The Bertz CT molecular complexity index is 557. The molecule has 114 valence electrons. The lowest BCUT2D eigenvalue weighted by Gasteiger charge is -2.34. The summed E-state index contributed by atoms with van der Waals surface area (Å²) in [6, 6.07) is 1.65. The van der Waals surface area contributed by atoms with E-state index < -0.39 is 29.6 Å². The third-order valence-electron chi connectivity index (χ3n) is 3.79. The summed E-state index contributed by atoms with van der Waals surface area (Å²) < 4.78 is 26.8. The van der Waals surface area contributed by atoms with Gasteiger partial charge >= 0.3 is 5.97 Å². The number of carboxylic acids is 1. The summed E-state index contributed by atoms with van der Waals surface area (Å²) in [5.74, 6) is -3.55. The number of rotatable bonds is 4. The third-order valence-corrected chi connectivity index (χ3v) is 3.79. The van der Waals surface area contributed by atoms with Crippen molar-refractivity contribution in [2.45, 2.75) is 18.9 Å². The molecule has 1 aromatic rings. The van der Waals surface area contributed by atoms with Crippen molar-refractivity contribution in [3.8, 4) is 0 Å². The number of piperidine rings is 1. The van der Waals surface area contributed by atoms with Crippen LogP contribution in [0.3, 0.4) is 0 Å². The number of nitrogens with zero attached hydrogens (tertiary/aromatic N) is 1. The summed E-state index contributed by atoms with van der Waals surface area (Å²) in [6.07, 6.45) is 0.865. The van der Waals surface area contributed by atoms with Gasteiger partial charge in [0.25, 0.3) is 0 Å². The number of amides is 1. The fourth-order valence-corrected chi connectivity index (χ4v) is 2.65. The summed E-state index contributed by atoms with van der Waals surface area (Å²) in [5, 5.41) is 9.35. The van der Waals surface area contributed by atoms with Crippen LogP contribution >= 0.6 is 0 Å². The minimum Gasteiger partial charge on any atom is -0.480 e. The van der Waals surface area contributed by atoms with Crippen molar-refractivity contribution in [2.75, 3.05) is 13.1 Å². The van der Waals surface area contributed by atoms with Crippen LogP contribution in [0, 0.1) is 17.6 Å². The minimum atomic E-state index is -1.21. The van der Waals surface area contributed by atoms with E-state index in [-0.39, 0.29) is 11.5 Å². The lowest BCUT2D eigenvalue weighted by atomic mass is 9.93. The second kappa shape index (κ2) is 6.17. The van der Waals surface area contributed by atoms with Gasteiger partial charge in [-0.2, -0.15) is 0 Å². The van der Waals surface area contributed by atoms with Crippen LogP contribution in [0.1, 0.15) is 24.4 Å². The Hall–Kier alpha value is -2.02. The maximum atomic E-state index is 13.8. The van der Waals surface area contributed by atoms with Gasteiger partial charge in [0, 0.05) is 30.6 Å². The number of aliphatic carboxylic acids is 1. The predicted octanol–water partition coefficient (Wildman–Crippen LogP) is 1.29. The van der Waals surface area contributed by atoms with Crippen LogP contribution in [-0.2, 0) is 9.59 Å². The molecule has 3 N–H and O–H groups in total. The molecule has 1 heterocycles. The van der Waals surface area contributed by atoms with Gasteiger partial charge in [-0.15, -0.1) is 0 Å². The van der Waals surface area contributed by atoms with Crippen LogP contribution in [0.5, 0.6) is 0 Å². The zero-order valence-corrected chi connectivity index (χ0v) is 11.3. The molecule has 0 radical (unpaired) electrons. The van der Waals surface area contributed by atoms with Crippen molar-refractivity contribution >= 4 is 11.9 Å². The number of hydrogen-bond donors (Lipinski definition) is 2. The molecule has 1 fully saturated rings. The molecule has 2 rings (SSSR count). The molecule has 0 saturated carbocycles. The van der Waals surface area contributed by atoms with E-state index in [0.29, 0.717) is 32.0 Å². The fourth-order valence-electron chi connectivity index (χ4n) is 2.65. The summed E-state index contributed by atoms with van der Waals surface area (Å²) in [7, 11) is 0. The molecule has 0 spiro atoms. The zero-order chi connectivity index (χ0) is 15.6. The van der Waals surface area contributed by atoms with Gasteiger partial charge in [-0.05, 0) is 18.9 Å². The van der Waals surface area contributed by atoms with Crippen molar-refractivity contribution in [2.24, 2.45) is 11.7 Å². The van der Waals surface area contributed by atoms with E-state index in [1.807, 2.05) is 0 Å². The SMILES string of the molecule is NC(=O)C1CCN(C(C(=O)O)c2ccc(F)cc2F)CC1. The van der Waals surface area contributed by atoms with E-state index in [1.54, 1.807) is 4.90 Å². The van der Waals surface area contributed by atoms with Gasteiger partial charge in [0.2, 0.25) is 5.91 Å². The van der Waals surface area contributed by atoms with Crippen LogP contribution in [-0.4, -0.2) is 35.0 Å². The molecule has 1 aliphatic heterocycles. The summed E-state index contributed by atoms with van der Waals surface area (Å²) in [5.41, 5.74) is 5.14. The first kappa shape index (κ1) is 15.4. The van der Waals surface area contributed by atoms with Gasteiger partial charge in [0.05, 0.1) is 0 Å². The summed E-state index contributed by atoms with van der Waals surface area (Å²) in [6.45, 7) is 0.642. The molecule has 1 amide bonds. The largest absolute Gasteiger partial charge is 0.480 e. The maximum absolute atomic E-state index is 13.8. The Labute approximate surface area is 120 Å². The normalized spacial score (nSPS) is 18.4. The number of benzene rings is 1. The second-order valence-corrected chi connectivity index (χ2v) is 5.12. The lowest BCUT2D eigenvalue weighted by molar-refractivity contribution is -0.144. The number of carboxylic acid groups (broad SMARTS) is 1. The predicted molar refractivity (Wildman–Crippen MR) is 70.2 cm³/mol. The van der Waals surface area contributed by atoms with Crippen LogP contribution in [0.2, 0.25) is 0 Å². The molecule has 1 aliphatic rings. The number of carbonyl (C=O) groups is 2. The van der Waals surface area contributed by atoms with Crippen molar-refractivity contribution < 1.29 is 23.5 Å². The molecule has 1 unspecified atom stereocenters. The van der Waals surface area contributed by atoms with Gasteiger partial charge in [0.15, 0.2) is 0 Å². The molecule has 5 nitrogen and oxygen atoms in total. The molecule has 21 heavy (non-hydrogen) atoms. The number of primary amides is 1. The van der Waals surface area contributed by atoms with Crippen molar-refractivity contribution in [3.63, 3.8) is 0 Å². The molecular weight excluding hydrogens is 282 g/mol. The van der Waals surface area contributed by atoms with E-state index in [0.717, 1.165) is 12.1 Å². The molecule has 1 saturated heterocycles. The first-order valence-corrected chi connectivity index (χ1v) is 6.61. The molecule has 0 aliphatic carbocycles.